The molecule has 0 fully saturated rings. The van der Waals surface area contributed by atoms with Gasteiger partial charge in [-0.05, 0) is 26.0 Å². The molecular formula is C16H16N6O. The lowest BCUT2D eigenvalue weighted by Crippen LogP contribution is -2.01. The molecule has 1 heterocycles. The molecule has 0 aliphatic rings. The SMILES string of the molecule is CCn1cc(COc2ccccc2NN=C(C#N)C#N)c(C)n1. The van der Waals surface area contributed by atoms with Crippen LogP contribution in [-0.4, -0.2) is 15.5 Å². The Morgan fingerprint density at radius 1 is 1.35 bits per heavy atom. The molecule has 23 heavy (non-hydrogen) atoms. The molecule has 0 bridgehead atoms. The largest absolute Gasteiger partial charge is 0.487 e. The standard InChI is InChI=1S/C16H16N6O/c1-3-22-10-13(12(2)21-22)11-23-16-7-5-4-6-15(16)20-19-14(8-17)9-18/h4-7,10,20H,3,11H2,1-2H3. The molecule has 0 spiro atoms. The number of aromatic nitrogens is 2. The Morgan fingerprint density at radius 3 is 2.74 bits per heavy atom. The summed E-state index contributed by atoms with van der Waals surface area (Å²) in [6, 6.07) is 10.6. The van der Waals surface area contributed by atoms with Crippen molar-refractivity contribution in [2.24, 2.45) is 5.10 Å². The first kappa shape index (κ1) is 16.1. The minimum absolute atomic E-state index is 0.250. The fourth-order valence-corrected chi connectivity index (χ4v) is 1.89. The minimum atomic E-state index is -0.250. The average Bonchev–Trinajstić information content (AvgIpc) is 2.95. The van der Waals surface area contributed by atoms with E-state index >= 15 is 0 Å². The second kappa shape index (κ2) is 7.62. The van der Waals surface area contributed by atoms with Gasteiger partial charge in [0.25, 0.3) is 0 Å². The van der Waals surface area contributed by atoms with Crippen molar-refractivity contribution in [1.29, 1.82) is 10.5 Å². The van der Waals surface area contributed by atoms with Gasteiger partial charge in [0.1, 0.15) is 24.5 Å². The van der Waals surface area contributed by atoms with Crippen LogP contribution in [0.5, 0.6) is 5.75 Å². The van der Waals surface area contributed by atoms with Crippen LogP contribution in [0.3, 0.4) is 0 Å². The van der Waals surface area contributed by atoms with Crippen molar-refractivity contribution in [3.63, 3.8) is 0 Å². The summed E-state index contributed by atoms with van der Waals surface area (Å²) in [6.45, 7) is 5.14. The molecule has 0 atom stereocenters. The molecule has 0 amide bonds. The van der Waals surface area contributed by atoms with Crippen molar-refractivity contribution < 1.29 is 4.74 Å². The summed E-state index contributed by atoms with van der Waals surface area (Å²) in [5.74, 6) is 0.579. The van der Waals surface area contributed by atoms with Gasteiger partial charge in [-0.1, -0.05) is 12.1 Å². The summed E-state index contributed by atoms with van der Waals surface area (Å²) in [5.41, 5.74) is 4.93. The number of nitrogens with zero attached hydrogens (tertiary/aromatic N) is 5. The molecule has 0 aliphatic heterocycles. The highest BCUT2D eigenvalue weighted by molar-refractivity contribution is 6.10. The Balaban J connectivity index is 2.11. The minimum Gasteiger partial charge on any atom is -0.487 e. The molecule has 2 rings (SSSR count). The predicted molar refractivity (Wildman–Crippen MR) is 85.7 cm³/mol. The van der Waals surface area contributed by atoms with Gasteiger partial charge in [0.05, 0.1) is 11.4 Å². The molecule has 7 heteroatoms. The number of nitrogens with one attached hydrogen (secondary N) is 1. The number of hydrogen-bond acceptors (Lipinski definition) is 6. The van der Waals surface area contributed by atoms with Gasteiger partial charge in [0, 0.05) is 18.3 Å². The highest BCUT2D eigenvalue weighted by Crippen LogP contribution is 2.25. The van der Waals surface area contributed by atoms with Crippen molar-refractivity contribution in [3.05, 3.63) is 41.7 Å². The molecule has 0 saturated heterocycles. The van der Waals surface area contributed by atoms with Crippen LogP contribution < -0.4 is 10.2 Å². The van der Waals surface area contributed by atoms with E-state index in [1.807, 2.05) is 36.9 Å². The monoisotopic (exact) mass is 308 g/mol. The molecule has 0 radical (unpaired) electrons. The zero-order valence-corrected chi connectivity index (χ0v) is 12.9. The Hall–Kier alpha value is -3.32. The van der Waals surface area contributed by atoms with Gasteiger partial charge in [-0.15, -0.1) is 0 Å². The van der Waals surface area contributed by atoms with Crippen molar-refractivity contribution in [2.45, 2.75) is 27.0 Å². The van der Waals surface area contributed by atoms with Gasteiger partial charge < -0.3 is 4.74 Å². The van der Waals surface area contributed by atoms with E-state index in [4.69, 9.17) is 15.3 Å². The Labute approximate surface area is 134 Å². The first-order valence-electron chi connectivity index (χ1n) is 7.06. The third-order valence-electron chi connectivity index (χ3n) is 3.14. The van der Waals surface area contributed by atoms with Crippen LogP contribution >= 0.6 is 0 Å². The van der Waals surface area contributed by atoms with Gasteiger partial charge in [-0.2, -0.15) is 20.7 Å². The van der Waals surface area contributed by atoms with Gasteiger partial charge in [0.15, 0.2) is 0 Å². The number of aryl methyl sites for hydroxylation is 2. The lowest BCUT2D eigenvalue weighted by atomic mass is 10.2. The van der Waals surface area contributed by atoms with Crippen LogP contribution in [0.2, 0.25) is 0 Å². The third-order valence-corrected chi connectivity index (χ3v) is 3.14. The van der Waals surface area contributed by atoms with Gasteiger partial charge in [0.2, 0.25) is 5.71 Å². The van der Waals surface area contributed by atoms with E-state index in [2.05, 4.69) is 15.6 Å². The summed E-state index contributed by atoms with van der Waals surface area (Å²) >= 11 is 0. The summed E-state index contributed by atoms with van der Waals surface area (Å²) in [7, 11) is 0. The van der Waals surface area contributed by atoms with Crippen LogP contribution in [0.25, 0.3) is 0 Å². The number of ether oxygens (including phenoxy) is 1. The topological polar surface area (TPSA) is 99.0 Å². The maximum atomic E-state index is 8.70. The Morgan fingerprint density at radius 2 is 2.09 bits per heavy atom. The van der Waals surface area contributed by atoms with E-state index < -0.39 is 0 Å². The quantitative estimate of drug-likeness (QED) is 0.653. The number of nitriles is 2. The maximum absolute atomic E-state index is 8.70. The van der Waals surface area contributed by atoms with E-state index in [-0.39, 0.29) is 5.71 Å². The average molecular weight is 308 g/mol. The van der Waals surface area contributed by atoms with Gasteiger partial charge >= 0.3 is 0 Å². The van der Waals surface area contributed by atoms with Crippen LogP contribution in [0.1, 0.15) is 18.2 Å². The zero-order chi connectivity index (χ0) is 16.7. The molecule has 0 unspecified atom stereocenters. The smallest absolute Gasteiger partial charge is 0.237 e. The highest BCUT2D eigenvalue weighted by Gasteiger charge is 2.07. The van der Waals surface area contributed by atoms with Crippen molar-refractivity contribution in [1.82, 2.24) is 9.78 Å². The molecule has 0 saturated carbocycles. The van der Waals surface area contributed by atoms with E-state index in [0.29, 0.717) is 18.0 Å². The molecule has 7 nitrogen and oxygen atoms in total. The van der Waals surface area contributed by atoms with E-state index in [1.54, 1.807) is 24.3 Å². The predicted octanol–water partition coefficient (Wildman–Crippen LogP) is 2.61. The summed E-state index contributed by atoms with van der Waals surface area (Å²) < 4.78 is 7.67. The molecule has 1 aromatic carbocycles. The van der Waals surface area contributed by atoms with E-state index in [1.165, 1.54) is 0 Å². The van der Waals surface area contributed by atoms with Crippen LogP contribution in [0, 0.1) is 29.6 Å². The molecule has 116 valence electrons. The maximum Gasteiger partial charge on any atom is 0.237 e. The summed E-state index contributed by atoms with van der Waals surface area (Å²) in [4.78, 5) is 0. The fourth-order valence-electron chi connectivity index (χ4n) is 1.89. The molecule has 0 aliphatic carbocycles. The molecule has 1 N–H and O–H groups in total. The van der Waals surface area contributed by atoms with Crippen LogP contribution in [-0.2, 0) is 13.2 Å². The summed E-state index contributed by atoms with van der Waals surface area (Å²) in [5, 5.41) is 25.5. The van der Waals surface area contributed by atoms with Crippen LogP contribution in [0.4, 0.5) is 5.69 Å². The lowest BCUT2D eigenvalue weighted by Gasteiger charge is -2.10. The first-order valence-corrected chi connectivity index (χ1v) is 7.06. The zero-order valence-electron chi connectivity index (χ0n) is 12.9. The first-order chi connectivity index (χ1) is 11.2. The second-order valence-corrected chi connectivity index (χ2v) is 4.68. The van der Waals surface area contributed by atoms with Crippen molar-refractivity contribution in [2.75, 3.05) is 5.43 Å². The van der Waals surface area contributed by atoms with E-state index in [9.17, 15) is 0 Å². The third kappa shape index (κ3) is 4.08. The number of hydrogen-bond donors (Lipinski definition) is 1. The Bertz CT molecular complexity index is 778. The van der Waals surface area contributed by atoms with Crippen molar-refractivity contribution in [3.8, 4) is 17.9 Å². The fraction of sp³-hybridized carbons (Fsp3) is 0.250. The van der Waals surface area contributed by atoms with E-state index in [0.717, 1.165) is 17.8 Å². The van der Waals surface area contributed by atoms with Crippen LogP contribution in [0.15, 0.2) is 35.6 Å². The number of benzene rings is 1. The molecular weight excluding hydrogens is 292 g/mol. The molecule has 2 aromatic rings. The normalized spacial score (nSPS) is 9.57. The number of para-hydroxylation sites is 2. The number of anilines is 1. The van der Waals surface area contributed by atoms with Gasteiger partial charge in [-0.25, -0.2) is 0 Å². The summed E-state index contributed by atoms with van der Waals surface area (Å²) in [6.07, 6.45) is 1.95. The second-order valence-electron chi connectivity index (χ2n) is 4.68. The lowest BCUT2D eigenvalue weighted by molar-refractivity contribution is 0.307. The van der Waals surface area contributed by atoms with Gasteiger partial charge in [-0.3, -0.25) is 10.1 Å². The molecule has 1 aromatic heterocycles. The Kier molecular flexibility index (Phi) is 5.32. The number of rotatable bonds is 6. The van der Waals surface area contributed by atoms with Crippen molar-refractivity contribution >= 4 is 11.4 Å². The highest BCUT2D eigenvalue weighted by atomic mass is 16.5. The number of hydrazone groups is 1.